The van der Waals surface area contributed by atoms with Crippen LogP contribution in [0.15, 0.2) is 24.3 Å². The molecule has 6 nitrogen and oxygen atoms in total. The first-order chi connectivity index (χ1) is 9.43. The van der Waals surface area contributed by atoms with E-state index in [0.717, 1.165) is 12.1 Å². The van der Waals surface area contributed by atoms with Crippen LogP contribution in [0.2, 0.25) is 0 Å². The lowest BCUT2D eigenvalue weighted by atomic mass is 10.2. The second kappa shape index (κ2) is 7.22. The number of carbonyl (C=O) groups is 3. The van der Waals surface area contributed by atoms with Crippen molar-refractivity contribution < 1.29 is 23.5 Å². The molecular formula is C13H15FN2O4. The highest BCUT2D eigenvalue weighted by molar-refractivity contribution is 6.10. The van der Waals surface area contributed by atoms with Gasteiger partial charge in [0.05, 0.1) is 6.61 Å². The van der Waals surface area contributed by atoms with Crippen molar-refractivity contribution in [2.75, 3.05) is 11.9 Å². The summed E-state index contributed by atoms with van der Waals surface area (Å²) in [5.74, 6) is -2.61. The lowest BCUT2D eigenvalue weighted by molar-refractivity contribution is -0.149. The molecule has 1 rings (SSSR count). The lowest BCUT2D eigenvalue weighted by Gasteiger charge is -2.16. The quantitative estimate of drug-likeness (QED) is 0.619. The summed E-state index contributed by atoms with van der Waals surface area (Å²) in [4.78, 5) is 34.6. The first-order valence-corrected chi connectivity index (χ1v) is 5.94. The Labute approximate surface area is 115 Å². The summed E-state index contributed by atoms with van der Waals surface area (Å²) in [6, 6.07) is 3.55. The molecular weight excluding hydrogens is 267 g/mol. The van der Waals surface area contributed by atoms with E-state index >= 15 is 0 Å². The molecule has 0 saturated carbocycles. The minimum atomic E-state index is -1.45. The predicted octanol–water partition coefficient (Wildman–Crippen LogP) is 0.832. The van der Waals surface area contributed by atoms with Gasteiger partial charge in [0.15, 0.2) is 0 Å². The highest BCUT2D eigenvalue weighted by Crippen LogP contribution is 2.09. The molecule has 2 amide bonds. The Kier molecular flexibility index (Phi) is 5.64. The van der Waals surface area contributed by atoms with Crippen molar-refractivity contribution in [3.63, 3.8) is 0 Å². The van der Waals surface area contributed by atoms with E-state index in [-0.39, 0.29) is 6.61 Å². The number of ether oxygens (including phenoxy) is 1. The molecule has 1 aromatic rings. The number of hydrogen-bond acceptors (Lipinski definition) is 4. The maximum atomic E-state index is 12.7. The third-order valence-corrected chi connectivity index (χ3v) is 2.24. The zero-order chi connectivity index (χ0) is 15.1. The normalized spacial score (nSPS) is 11.3. The Morgan fingerprint density at radius 1 is 1.25 bits per heavy atom. The highest BCUT2D eigenvalue weighted by Gasteiger charge is 2.28. The Balaban J connectivity index is 2.79. The van der Waals surface area contributed by atoms with Gasteiger partial charge >= 0.3 is 5.97 Å². The number of anilines is 1. The predicted molar refractivity (Wildman–Crippen MR) is 69.3 cm³/mol. The summed E-state index contributed by atoms with van der Waals surface area (Å²) in [5.41, 5.74) is 0.302. The fourth-order valence-corrected chi connectivity index (χ4v) is 1.41. The molecule has 7 heteroatoms. The van der Waals surface area contributed by atoms with Gasteiger partial charge in [-0.2, -0.15) is 0 Å². The van der Waals surface area contributed by atoms with E-state index in [4.69, 9.17) is 4.74 Å². The summed E-state index contributed by atoms with van der Waals surface area (Å²) in [6.07, 6.45) is 0. The zero-order valence-corrected chi connectivity index (χ0v) is 11.1. The van der Waals surface area contributed by atoms with Crippen LogP contribution in [0.5, 0.6) is 0 Å². The molecule has 0 spiro atoms. The summed E-state index contributed by atoms with van der Waals surface area (Å²) in [6.45, 7) is 2.84. The fourth-order valence-electron chi connectivity index (χ4n) is 1.41. The largest absolute Gasteiger partial charge is 0.464 e. The van der Waals surface area contributed by atoms with Crippen LogP contribution in [0.4, 0.5) is 10.1 Å². The van der Waals surface area contributed by atoms with Gasteiger partial charge in [0.1, 0.15) is 5.82 Å². The Bertz CT molecular complexity index is 502. The second-order valence-electron chi connectivity index (χ2n) is 3.88. The molecule has 0 aliphatic rings. The minimum Gasteiger partial charge on any atom is -0.464 e. The molecule has 20 heavy (non-hydrogen) atoms. The molecule has 0 aliphatic heterocycles. The van der Waals surface area contributed by atoms with Crippen molar-refractivity contribution in [2.45, 2.75) is 19.9 Å². The van der Waals surface area contributed by atoms with E-state index < -0.39 is 29.6 Å². The van der Waals surface area contributed by atoms with Crippen molar-refractivity contribution >= 4 is 23.5 Å². The molecule has 1 aromatic carbocycles. The summed E-state index contributed by atoms with van der Waals surface area (Å²) >= 11 is 0. The maximum absolute atomic E-state index is 12.7. The summed E-state index contributed by atoms with van der Waals surface area (Å²) in [5, 5.41) is 4.59. The topological polar surface area (TPSA) is 84.5 Å². The van der Waals surface area contributed by atoms with Gasteiger partial charge in [-0.15, -0.1) is 0 Å². The van der Waals surface area contributed by atoms with Gasteiger partial charge in [-0.25, -0.2) is 9.18 Å². The number of amides is 2. The van der Waals surface area contributed by atoms with Gasteiger partial charge in [-0.1, -0.05) is 0 Å². The first-order valence-electron chi connectivity index (χ1n) is 5.94. The molecule has 2 N–H and O–H groups in total. The van der Waals surface area contributed by atoms with Crippen LogP contribution in [0.25, 0.3) is 0 Å². The van der Waals surface area contributed by atoms with Gasteiger partial charge in [0.2, 0.25) is 11.9 Å². The monoisotopic (exact) mass is 282 g/mol. The zero-order valence-electron chi connectivity index (χ0n) is 11.1. The average molecular weight is 282 g/mol. The van der Waals surface area contributed by atoms with E-state index in [1.165, 1.54) is 19.1 Å². The molecule has 0 bridgehead atoms. The number of nitrogens with one attached hydrogen (secondary N) is 2. The van der Waals surface area contributed by atoms with Crippen LogP contribution < -0.4 is 10.6 Å². The van der Waals surface area contributed by atoms with E-state index in [2.05, 4.69) is 10.6 Å². The Hall–Kier alpha value is -2.44. The average Bonchev–Trinajstić information content (AvgIpc) is 2.38. The van der Waals surface area contributed by atoms with Gasteiger partial charge in [-0.3, -0.25) is 9.59 Å². The lowest BCUT2D eigenvalue weighted by Crippen LogP contribution is -2.49. The van der Waals surface area contributed by atoms with Crippen molar-refractivity contribution in [3.05, 3.63) is 30.1 Å². The van der Waals surface area contributed by atoms with E-state index in [1.54, 1.807) is 6.92 Å². The first kappa shape index (κ1) is 15.6. The van der Waals surface area contributed by atoms with Gasteiger partial charge in [0, 0.05) is 12.6 Å². The van der Waals surface area contributed by atoms with Crippen molar-refractivity contribution in [1.29, 1.82) is 0 Å². The van der Waals surface area contributed by atoms with Crippen LogP contribution in [-0.2, 0) is 19.1 Å². The Morgan fingerprint density at radius 3 is 2.35 bits per heavy atom. The molecule has 0 fully saturated rings. The number of carbonyl (C=O) groups excluding carboxylic acids is 3. The summed E-state index contributed by atoms with van der Waals surface area (Å²) in [7, 11) is 0. The molecule has 0 aromatic heterocycles. The van der Waals surface area contributed by atoms with Crippen LogP contribution in [0, 0.1) is 5.82 Å². The maximum Gasteiger partial charge on any atom is 0.338 e. The second-order valence-corrected chi connectivity index (χ2v) is 3.88. The molecule has 0 saturated heterocycles. The van der Waals surface area contributed by atoms with Gasteiger partial charge < -0.3 is 15.4 Å². The minimum absolute atomic E-state index is 0.0821. The van der Waals surface area contributed by atoms with E-state index in [9.17, 15) is 18.8 Å². The Morgan fingerprint density at radius 2 is 1.85 bits per heavy atom. The number of benzene rings is 1. The number of esters is 1. The van der Waals surface area contributed by atoms with Crippen LogP contribution in [-0.4, -0.2) is 30.4 Å². The summed E-state index contributed by atoms with van der Waals surface area (Å²) < 4.78 is 17.4. The van der Waals surface area contributed by atoms with E-state index in [1.807, 2.05) is 0 Å². The molecule has 1 atom stereocenters. The van der Waals surface area contributed by atoms with Crippen molar-refractivity contribution in [3.8, 4) is 0 Å². The molecule has 0 aliphatic carbocycles. The van der Waals surface area contributed by atoms with Gasteiger partial charge in [0.25, 0.3) is 5.91 Å². The SMILES string of the molecule is CCOC(=O)C(NC(C)=O)C(=O)Nc1ccc(F)cc1. The van der Waals surface area contributed by atoms with Crippen LogP contribution in [0.3, 0.4) is 0 Å². The van der Waals surface area contributed by atoms with Crippen molar-refractivity contribution in [2.24, 2.45) is 0 Å². The number of halogens is 1. The van der Waals surface area contributed by atoms with Crippen LogP contribution in [0.1, 0.15) is 13.8 Å². The third kappa shape index (κ3) is 4.68. The van der Waals surface area contributed by atoms with Crippen molar-refractivity contribution in [1.82, 2.24) is 5.32 Å². The standard InChI is InChI=1S/C13H15FN2O4/c1-3-20-13(19)11(15-8(2)17)12(18)16-10-6-4-9(14)5-7-10/h4-7,11H,3H2,1-2H3,(H,15,17)(H,16,18). The fraction of sp³-hybridized carbons (Fsp3) is 0.308. The molecule has 1 unspecified atom stereocenters. The molecule has 108 valence electrons. The molecule has 0 radical (unpaired) electrons. The third-order valence-electron chi connectivity index (χ3n) is 2.24. The number of hydrogen-bond donors (Lipinski definition) is 2. The molecule has 0 heterocycles. The van der Waals surface area contributed by atoms with Gasteiger partial charge in [-0.05, 0) is 31.2 Å². The van der Waals surface area contributed by atoms with E-state index in [0.29, 0.717) is 5.69 Å². The smallest absolute Gasteiger partial charge is 0.338 e. The van der Waals surface area contributed by atoms with Crippen LogP contribution >= 0.6 is 0 Å². The number of rotatable bonds is 5. The highest BCUT2D eigenvalue weighted by atomic mass is 19.1.